The average molecular weight is 232 g/mol. The second-order valence-electron chi connectivity index (χ2n) is 3.21. The van der Waals surface area contributed by atoms with Crippen molar-refractivity contribution in [2.75, 3.05) is 6.61 Å². The quantitative estimate of drug-likeness (QED) is 0.646. The number of rotatable bonds is 4. The summed E-state index contributed by atoms with van der Waals surface area (Å²) in [6.45, 7) is -0.794. The second-order valence-corrected chi connectivity index (χ2v) is 3.21. The Labute approximate surface area is 89.8 Å². The third kappa shape index (κ3) is 2.41. The molecule has 1 aromatic carbocycles. The molecular formula is C10H10F2O4. The highest BCUT2D eigenvalue weighted by atomic mass is 19.1. The molecule has 0 saturated heterocycles. The van der Waals surface area contributed by atoms with Crippen molar-refractivity contribution in [1.29, 1.82) is 0 Å². The van der Waals surface area contributed by atoms with E-state index in [4.69, 9.17) is 10.2 Å². The number of aliphatic hydroxyl groups excluding tert-OH is 3. The van der Waals surface area contributed by atoms with Crippen molar-refractivity contribution in [3.8, 4) is 0 Å². The minimum absolute atomic E-state index is 0.136. The van der Waals surface area contributed by atoms with Gasteiger partial charge in [-0.2, -0.15) is 0 Å². The summed E-state index contributed by atoms with van der Waals surface area (Å²) in [7, 11) is 0. The molecule has 0 heterocycles. The van der Waals surface area contributed by atoms with Crippen molar-refractivity contribution in [1.82, 2.24) is 0 Å². The van der Waals surface area contributed by atoms with Crippen LogP contribution in [0.5, 0.6) is 0 Å². The molecular weight excluding hydrogens is 222 g/mol. The van der Waals surface area contributed by atoms with E-state index in [0.717, 1.165) is 0 Å². The molecule has 0 spiro atoms. The number of benzene rings is 1. The molecule has 1 aromatic rings. The van der Waals surface area contributed by atoms with Crippen LogP contribution >= 0.6 is 0 Å². The lowest BCUT2D eigenvalue weighted by molar-refractivity contribution is -0.0169. The molecule has 0 bridgehead atoms. The summed E-state index contributed by atoms with van der Waals surface area (Å²) in [6.07, 6.45) is -3.23. The molecule has 0 saturated carbocycles. The Morgan fingerprint density at radius 2 is 1.88 bits per heavy atom. The van der Waals surface area contributed by atoms with Gasteiger partial charge in [-0.25, -0.2) is 8.78 Å². The smallest absolute Gasteiger partial charge is 0.153 e. The van der Waals surface area contributed by atoms with Gasteiger partial charge in [-0.3, -0.25) is 4.79 Å². The second kappa shape index (κ2) is 5.11. The van der Waals surface area contributed by atoms with Gasteiger partial charge < -0.3 is 15.3 Å². The van der Waals surface area contributed by atoms with Crippen LogP contribution in [-0.4, -0.2) is 34.3 Å². The molecule has 3 N–H and O–H groups in total. The largest absolute Gasteiger partial charge is 0.394 e. The fraction of sp³-hybridized carbons (Fsp3) is 0.300. The van der Waals surface area contributed by atoms with Gasteiger partial charge in [0.05, 0.1) is 12.2 Å². The summed E-state index contributed by atoms with van der Waals surface area (Å²) in [4.78, 5) is 10.3. The summed E-state index contributed by atoms with van der Waals surface area (Å²) in [6, 6.07) is 1.23. The zero-order chi connectivity index (χ0) is 12.3. The predicted octanol–water partition coefficient (Wildman–Crippen LogP) is 0.164. The third-order valence-electron chi connectivity index (χ3n) is 2.11. The van der Waals surface area contributed by atoms with E-state index in [1.165, 1.54) is 0 Å². The van der Waals surface area contributed by atoms with Gasteiger partial charge in [0.2, 0.25) is 0 Å². The minimum Gasteiger partial charge on any atom is -0.394 e. The van der Waals surface area contributed by atoms with Crippen molar-refractivity contribution in [3.63, 3.8) is 0 Å². The first-order valence-corrected chi connectivity index (χ1v) is 4.42. The van der Waals surface area contributed by atoms with Crippen LogP contribution in [0.15, 0.2) is 12.1 Å². The van der Waals surface area contributed by atoms with Crippen LogP contribution in [-0.2, 0) is 0 Å². The topological polar surface area (TPSA) is 77.8 Å². The summed E-state index contributed by atoms with van der Waals surface area (Å²) in [5, 5.41) is 27.0. The van der Waals surface area contributed by atoms with Gasteiger partial charge in [-0.15, -0.1) is 0 Å². The van der Waals surface area contributed by atoms with E-state index in [9.17, 15) is 18.7 Å². The summed E-state index contributed by atoms with van der Waals surface area (Å²) < 4.78 is 26.4. The van der Waals surface area contributed by atoms with Gasteiger partial charge in [0.25, 0.3) is 0 Å². The standard InChI is InChI=1S/C10H10F2O4/c11-7-2-6(10(16)9(15)4-14)8(12)1-5(7)3-13/h1-3,9-10,14-16H,4H2. The van der Waals surface area contributed by atoms with E-state index < -0.39 is 41.6 Å². The summed E-state index contributed by atoms with van der Waals surface area (Å²) >= 11 is 0. The van der Waals surface area contributed by atoms with Gasteiger partial charge in [0.15, 0.2) is 6.29 Å². The molecule has 6 heteroatoms. The summed E-state index contributed by atoms with van der Waals surface area (Å²) in [5.74, 6) is -2.03. The molecule has 4 nitrogen and oxygen atoms in total. The van der Waals surface area contributed by atoms with Crippen LogP contribution in [0.1, 0.15) is 22.0 Å². The monoisotopic (exact) mass is 232 g/mol. The number of hydrogen-bond donors (Lipinski definition) is 3. The lowest BCUT2D eigenvalue weighted by Gasteiger charge is -2.16. The Hall–Kier alpha value is -1.37. The zero-order valence-electron chi connectivity index (χ0n) is 8.10. The SMILES string of the molecule is O=Cc1cc(F)c(C(O)C(O)CO)cc1F. The molecule has 2 unspecified atom stereocenters. The highest BCUT2D eigenvalue weighted by molar-refractivity contribution is 5.75. The fourth-order valence-corrected chi connectivity index (χ4v) is 1.20. The highest BCUT2D eigenvalue weighted by Gasteiger charge is 2.22. The van der Waals surface area contributed by atoms with Crippen LogP contribution < -0.4 is 0 Å². The van der Waals surface area contributed by atoms with Gasteiger partial charge in [0.1, 0.15) is 23.8 Å². The predicted molar refractivity (Wildman–Crippen MR) is 49.8 cm³/mol. The fourth-order valence-electron chi connectivity index (χ4n) is 1.20. The third-order valence-corrected chi connectivity index (χ3v) is 2.11. The zero-order valence-corrected chi connectivity index (χ0v) is 8.10. The van der Waals surface area contributed by atoms with Crippen molar-refractivity contribution < 1.29 is 28.9 Å². The first kappa shape index (κ1) is 12.7. The van der Waals surface area contributed by atoms with Crippen molar-refractivity contribution in [2.24, 2.45) is 0 Å². The Morgan fingerprint density at radius 1 is 1.25 bits per heavy atom. The molecule has 0 radical (unpaired) electrons. The average Bonchev–Trinajstić information content (AvgIpc) is 2.29. The number of carbonyl (C=O) groups excluding carboxylic acids is 1. The van der Waals surface area contributed by atoms with Crippen molar-refractivity contribution >= 4 is 6.29 Å². The number of hydrogen-bond acceptors (Lipinski definition) is 4. The Morgan fingerprint density at radius 3 is 2.38 bits per heavy atom. The molecule has 0 fully saturated rings. The number of carbonyl (C=O) groups is 1. The number of aliphatic hydroxyl groups is 3. The molecule has 16 heavy (non-hydrogen) atoms. The maximum Gasteiger partial charge on any atom is 0.153 e. The lowest BCUT2D eigenvalue weighted by Crippen LogP contribution is -2.23. The molecule has 0 aliphatic heterocycles. The van der Waals surface area contributed by atoms with Crippen LogP contribution in [0.3, 0.4) is 0 Å². The van der Waals surface area contributed by atoms with Crippen molar-refractivity contribution in [3.05, 3.63) is 34.9 Å². The highest BCUT2D eigenvalue weighted by Crippen LogP contribution is 2.22. The summed E-state index contributed by atoms with van der Waals surface area (Å²) in [5.41, 5.74) is -0.989. The Bertz CT molecular complexity index is 395. The molecule has 0 aromatic heterocycles. The normalized spacial score (nSPS) is 14.6. The van der Waals surface area contributed by atoms with E-state index in [-0.39, 0.29) is 6.29 Å². The van der Waals surface area contributed by atoms with Gasteiger partial charge in [0, 0.05) is 5.56 Å². The Kier molecular flexibility index (Phi) is 4.05. The molecule has 0 aliphatic carbocycles. The minimum atomic E-state index is -1.75. The van der Waals surface area contributed by atoms with Crippen molar-refractivity contribution in [2.45, 2.75) is 12.2 Å². The van der Waals surface area contributed by atoms with Crippen LogP contribution in [0.4, 0.5) is 8.78 Å². The molecule has 88 valence electrons. The van der Waals surface area contributed by atoms with Gasteiger partial charge in [-0.05, 0) is 12.1 Å². The lowest BCUT2D eigenvalue weighted by atomic mass is 10.0. The van der Waals surface area contributed by atoms with Crippen LogP contribution in [0.25, 0.3) is 0 Å². The molecule has 2 atom stereocenters. The van der Waals surface area contributed by atoms with Crippen LogP contribution in [0.2, 0.25) is 0 Å². The van der Waals surface area contributed by atoms with E-state index in [0.29, 0.717) is 12.1 Å². The van der Waals surface area contributed by atoms with E-state index in [1.54, 1.807) is 0 Å². The Balaban J connectivity index is 3.15. The number of halogens is 2. The van der Waals surface area contributed by atoms with E-state index in [2.05, 4.69) is 0 Å². The van der Waals surface area contributed by atoms with E-state index in [1.807, 2.05) is 0 Å². The maximum absolute atomic E-state index is 13.3. The molecule has 0 aliphatic rings. The number of aldehydes is 1. The molecule has 1 rings (SSSR count). The first-order valence-electron chi connectivity index (χ1n) is 4.42. The van der Waals surface area contributed by atoms with E-state index >= 15 is 0 Å². The maximum atomic E-state index is 13.3. The molecule has 0 amide bonds. The first-order chi connectivity index (χ1) is 7.51. The van der Waals surface area contributed by atoms with Gasteiger partial charge >= 0.3 is 0 Å². The van der Waals surface area contributed by atoms with Gasteiger partial charge in [-0.1, -0.05) is 0 Å². The van der Waals surface area contributed by atoms with Crippen LogP contribution in [0, 0.1) is 11.6 Å².